The van der Waals surface area contributed by atoms with Gasteiger partial charge in [-0.05, 0) is 37.1 Å². The summed E-state index contributed by atoms with van der Waals surface area (Å²) in [5.74, 6) is 2.74. The second-order valence-electron chi connectivity index (χ2n) is 3.79. The highest BCUT2D eigenvalue weighted by Crippen LogP contribution is 2.17. The van der Waals surface area contributed by atoms with E-state index in [1.165, 1.54) is 0 Å². The smallest absolute Gasteiger partial charge is 0.178 e. The molecule has 0 saturated heterocycles. The molecule has 2 nitrogen and oxygen atoms in total. The Balaban J connectivity index is 2.52. The first kappa shape index (κ1) is 14.3. The van der Waals surface area contributed by atoms with Crippen molar-refractivity contribution in [1.82, 2.24) is 0 Å². The summed E-state index contributed by atoms with van der Waals surface area (Å²) >= 11 is 3.28. The van der Waals surface area contributed by atoms with Gasteiger partial charge in [0.15, 0.2) is 9.84 Å². The molecule has 0 heterocycles. The summed E-state index contributed by atoms with van der Waals surface area (Å²) in [4.78, 5) is 0.387. The highest BCUT2D eigenvalue weighted by Gasteiger charge is 2.13. The average Bonchev–Trinajstić information content (AvgIpc) is 2.29. The van der Waals surface area contributed by atoms with E-state index in [9.17, 15) is 8.42 Å². The van der Waals surface area contributed by atoms with Crippen molar-refractivity contribution in [1.29, 1.82) is 0 Å². The minimum atomic E-state index is -3.14. The zero-order valence-corrected chi connectivity index (χ0v) is 11.9. The van der Waals surface area contributed by atoms with Crippen LogP contribution in [0.15, 0.2) is 33.6 Å². The van der Waals surface area contributed by atoms with Crippen LogP contribution >= 0.6 is 15.9 Å². The monoisotopic (exact) mass is 314 g/mol. The van der Waals surface area contributed by atoms with Crippen molar-refractivity contribution in [3.05, 3.63) is 28.7 Å². The van der Waals surface area contributed by atoms with Crippen molar-refractivity contribution in [2.45, 2.75) is 30.6 Å². The lowest BCUT2D eigenvalue weighted by atomic mass is 10.2. The van der Waals surface area contributed by atoms with E-state index in [0.717, 1.165) is 23.7 Å². The van der Waals surface area contributed by atoms with Crippen molar-refractivity contribution >= 4 is 25.8 Å². The van der Waals surface area contributed by atoms with Gasteiger partial charge in [0.05, 0.1) is 10.6 Å². The highest BCUT2D eigenvalue weighted by molar-refractivity contribution is 9.10. The lowest BCUT2D eigenvalue weighted by Crippen LogP contribution is -2.06. The normalized spacial score (nSPS) is 11.1. The van der Waals surface area contributed by atoms with Crippen LogP contribution < -0.4 is 0 Å². The zero-order chi connectivity index (χ0) is 12.7. The molecule has 0 aromatic heterocycles. The van der Waals surface area contributed by atoms with Crippen LogP contribution in [0.1, 0.15) is 25.7 Å². The van der Waals surface area contributed by atoms with Crippen molar-refractivity contribution < 1.29 is 8.42 Å². The first-order valence-corrected chi connectivity index (χ1v) is 7.92. The van der Waals surface area contributed by atoms with Gasteiger partial charge < -0.3 is 0 Å². The van der Waals surface area contributed by atoms with E-state index >= 15 is 0 Å². The molecule has 4 heteroatoms. The van der Waals surface area contributed by atoms with Crippen LogP contribution in [0.5, 0.6) is 0 Å². The number of benzene rings is 1. The van der Waals surface area contributed by atoms with E-state index in [0.29, 0.717) is 11.3 Å². The van der Waals surface area contributed by atoms with Gasteiger partial charge in [0, 0.05) is 10.9 Å². The van der Waals surface area contributed by atoms with Crippen molar-refractivity contribution in [2.75, 3.05) is 5.75 Å². The van der Waals surface area contributed by atoms with E-state index in [-0.39, 0.29) is 5.75 Å². The molecule has 0 aliphatic carbocycles. The Kier molecular flexibility index (Phi) is 5.73. The molecule has 17 heavy (non-hydrogen) atoms. The second kappa shape index (κ2) is 6.83. The van der Waals surface area contributed by atoms with Gasteiger partial charge in [-0.15, -0.1) is 12.3 Å². The number of rotatable bonds is 6. The number of halogens is 1. The standard InChI is InChI=1S/C13H15BrO2S/c1-2-3-4-5-6-11-17(15,16)13-9-7-12(14)8-10-13/h1,7-10H,3-6,11H2. The SMILES string of the molecule is C#CCCCCCS(=O)(=O)c1ccc(Br)cc1. The van der Waals surface area contributed by atoms with Gasteiger partial charge in [-0.25, -0.2) is 8.42 Å². The van der Waals surface area contributed by atoms with E-state index in [4.69, 9.17) is 6.42 Å². The van der Waals surface area contributed by atoms with Gasteiger partial charge in [-0.1, -0.05) is 22.4 Å². The van der Waals surface area contributed by atoms with Crippen LogP contribution in [-0.2, 0) is 9.84 Å². The fraction of sp³-hybridized carbons (Fsp3) is 0.385. The van der Waals surface area contributed by atoms with Gasteiger partial charge in [0.25, 0.3) is 0 Å². The minimum absolute atomic E-state index is 0.194. The van der Waals surface area contributed by atoms with Crippen molar-refractivity contribution in [3.8, 4) is 12.3 Å². The molecule has 0 radical (unpaired) electrons. The summed E-state index contributed by atoms with van der Waals surface area (Å²) < 4.78 is 24.7. The number of terminal acetylenes is 1. The maximum Gasteiger partial charge on any atom is 0.178 e. The van der Waals surface area contributed by atoms with E-state index < -0.39 is 9.84 Å². The first-order chi connectivity index (χ1) is 8.06. The lowest BCUT2D eigenvalue weighted by molar-refractivity contribution is 0.590. The third kappa shape index (κ3) is 4.93. The van der Waals surface area contributed by atoms with Gasteiger partial charge in [0.2, 0.25) is 0 Å². The summed E-state index contributed by atoms with van der Waals surface area (Å²) in [6, 6.07) is 6.73. The first-order valence-electron chi connectivity index (χ1n) is 5.48. The van der Waals surface area contributed by atoms with Crippen molar-refractivity contribution in [2.24, 2.45) is 0 Å². The molecule has 0 aliphatic rings. The summed E-state index contributed by atoms with van der Waals surface area (Å²) in [7, 11) is -3.14. The average molecular weight is 315 g/mol. The Morgan fingerprint density at radius 1 is 1.12 bits per heavy atom. The summed E-state index contributed by atoms with van der Waals surface area (Å²) in [5.41, 5.74) is 0. The summed E-state index contributed by atoms with van der Waals surface area (Å²) in [6.45, 7) is 0. The molecule has 0 saturated carbocycles. The third-order valence-corrected chi connectivity index (χ3v) is 4.75. The van der Waals surface area contributed by atoms with E-state index in [1.54, 1.807) is 24.3 Å². The fourth-order valence-electron chi connectivity index (χ4n) is 1.46. The predicted molar refractivity (Wildman–Crippen MR) is 73.5 cm³/mol. The Morgan fingerprint density at radius 3 is 2.35 bits per heavy atom. The molecule has 1 aromatic carbocycles. The molecular weight excluding hydrogens is 300 g/mol. The molecule has 0 amide bonds. The number of hydrogen-bond donors (Lipinski definition) is 0. The number of sulfone groups is 1. The lowest BCUT2D eigenvalue weighted by Gasteiger charge is -2.04. The number of unbranched alkanes of at least 4 members (excludes halogenated alkanes) is 3. The van der Waals surface area contributed by atoms with Gasteiger partial charge >= 0.3 is 0 Å². The Morgan fingerprint density at radius 2 is 1.76 bits per heavy atom. The molecule has 1 aromatic rings. The van der Waals surface area contributed by atoms with E-state index in [1.807, 2.05) is 0 Å². The summed E-state index contributed by atoms with van der Waals surface area (Å²) in [6.07, 6.45) is 8.27. The molecular formula is C13H15BrO2S. The Labute approximate surface area is 111 Å². The Hall–Kier alpha value is -0.790. The van der Waals surface area contributed by atoms with E-state index in [2.05, 4.69) is 21.9 Å². The molecule has 0 aliphatic heterocycles. The van der Waals surface area contributed by atoms with Gasteiger partial charge in [0.1, 0.15) is 0 Å². The van der Waals surface area contributed by atoms with Crippen LogP contribution in [0.2, 0.25) is 0 Å². The summed E-state index contributed by atoms with van der Waals surface area (Å²) in [5, 5.41) is 0. The van der Waals surface area contributed by atoms with Gasteiger partial charge in [-0.3, -0.25) is 0 Å². The molecule has 0 atom stereocenters. The number of hydrogen-bond acceptors (Lipinski definition) is 2. The highest BCUT2D eigenvalue weighted by atomic mass is 79.9. The zero-order valence-electron chi connectivity index (χ0n) is 9.52. The van der Waals surface area contributed by atoms with Gasteiger partial charge in [-0.2, -0.15) is 0 Å². The largest absolute Gasteiger partial charge is 0.224 e. The molecule has 0 fully saturated rings. The Bertz CT molecular complexity index is 483. The van der Waals surface area contributed by atoms with Crippen LogP contribution in [0, 0.1) is 12.3 Å². The van der Waals surface area contributed by atoms with Crippen molar-refractivity contribution in [3.63, 3.8) is 0 Å². The van der Waals surface area contributed by atoms with Crippen LogP contribution in [0.3, 0.4) is 0 Å². The predicted octanol–water partition coefficient (Wildman–Crippen LogP) is 3.42. The molecule has 0 N–H and O–H groups in total. The maximum atomic E-state index is 11.9. The topological polar surface area (TPSA) is 34.1 Å². The van der Waals surface area contributed by atoms with Crippen LogP contribution in [-0.4, -0.2) is 14.2 Å². The fourth-order valence-corrected chi connectivity index (χ4v) is 3.09. The third-order valence-electron chi connectivity index (χ3n) is 2.41. The molecule has 0 bridgehead atoms. The molecule has 92 valence electrons. The van der Waals surface area contributed by atoms with Crippen LogP contribution in [0.25, 0.3) is 0 Å². The van der Waals surface area contributed by atoms with Crippen LogP contribution in [0.4, 0.5) is 0 Å². The molecule has 1 rings (SSSR count). The molecule has 0 spiro atoms. The molecule has 0 unspecified atom stereocenters. The quantitative estimate of drug-likeness (QED) is 0.595. The maximum absolute atomic E-state index is 11.9. The minimum Gasteiger partial charge on any atom is -0.224 e. The second-order valence-corrected chi connectivity index (χ2v) is 6.81.